The molecular formula is C9H5BrF4O. The highest BCUT2D eigenvalue weighted by molar-refractivity contribution is 9.10. The number of ketones is 1. The molecule has 0 radical (unpaired) electrons. The van der Waals surface area contributed by atoms with Crippen LogP contribution in [0.5, 0.6) is 0 Å². The van der Waals surface area contributed by atoms with Gasteiger partial charge in [-0.1, -0.05) is 0 Å². The zero-order valence-electron chi connectivity index (χ0n) is 7.45. The van der Waals surface area contributed by atoms with Gasteiger partial charge in [0.15, 0.2) is 0 Å². The Labute approximate surface area is 91.2 Å². The van der Waals surface area contributed by atoms with E-state index in [4.69, 9.17) is 0 Å². The van der Waals surface area contributed by atoms with Gasteiger partial charge in [-0.15, -0.1) is 0 Å². The molecule has 0 unspecified atom stereocenters. The van der Waals surface area contributed by atoms with Crippen LogP contribution in [0.4, 0.5) is 17.6 Å². The summed E-state index contributed by atoms with van der Waals surface area (Å²) in [5.41, 5.74) is -0.550. The second-order valence-electron chi connectivity index (χ2n) is 2.93. The number of Topliss-reactive ketones (excluding diaryl/α,β-unsaturated/α-hetero) is 1. The number of carbonyl (C=O) groups excluding carboxylic acids is 1. The minimum atomic E-state index is -5.07. The van der Waals surface area contributed by atoms with E-state index in [-0.39, 0.29) is 4.47 Å². The van der Waals surface area contributed by atoms with Crippen molar-refractivity contribution >= 4 is 21.7 Å². The molecule has 1 rings (SSSR count). The predicted octanol–water partition coefficient (Wildman–Crippen LogP) is 3.64. The molecule has 0 saturated carbocycles. The summed E-state index contributed by atoms with van der Waals surface area (Å²) in [5.74, 6) is -3.36. The molecule has 0 aromatic heterocycles. The van der Waals surface area contributed by atoms with E-state index in [0.717, 1.165) is 6.07 Å². The fraction of sp³-hybridized carbons (Fsp3) is 0.222. The van der Waals surface area contributed by atoms with Crippen molar-refractivity contribution in [2.24, 2.45) is 0 Å². The summed E-state index contributed by atoms with van der Waals surface area (Å²) in [5, 5.41) is 0. The van der Waals surface area contributed by atoms with Gasteiger partial charge in [0.05, 0.1) is 5.56 Å². The lowest BCUT2D eigenvalue weighted by Gasteiger charge is -2.08. The molecule has 0 fully saturated rings. The van der Waals surface area contributed by atoms with E-state index in [2.05, 4.69) is 15.9 Å². The van der Waals surface area contributed by atoms with Crippen LogP contribution in [0.1, 0.15) is 15.9 Å². The van der Waals surface area contributed by atoms with Crippen molar-refractivity contribution in [3.05, 3.63) is 33.5 Å². The molecule has 82 valence electrons. The summed E-state index contributed by atoms with van der Waals surface area (Å²) in [6.45, 7) is 1.51. The standard InChI is InChI=1S/C9H5BrF4O/c1-4-2-5(10)7(6(11)3-4)8(15)9(12,13)14/h2-3H,1H3. The summed E-state index contributed by atoms with van der Waals surface area (Å²) in [6.07, 6.45) is -5.07. The quantitative estimate of drug-likeness (QED) is 0.568. The molecule has 1 aromatic carbocycles. The third kappa shape index (κ3) is 2.56. The van der Waals surface area contributed by atoms with Crippen LogP contribution in [0, 0.1) is 12.7 Å². The van der Waals surface area contributed by atoms with E-state index >= 15 is 0 Å². The average Bonchev–Trinajstić information content (AvgIpc) is 1.99. The molecule has 6 heteroatoms. The maximum atomic E-state index is 13.1. The summed E-state index contributed by atoms with van der Waals surface area (Å²) >= 11 is 2.73. The van der Waals surface area contributed by atoms with Crippen molar-refractivity contribution in [1.82, 2.24) is 0 Å². The van der Waals surface area contributed by atoms with Gasteiger partial charge in [-0.05, 0) is 40.5 Å². The fourth-order valence-corrected chi connectivity index (χ4v) is 1.79. The van der Waals surface area contributed by atoms with Crippen LogP contribution in [0.15, 0.2) is 16.6 Å². The molecule has 0 saturated heterocycles. The maximum Gasteiger partial charge on any atom is 0.455 e. The zero-order chi connectivity index (χ0) is 11.8. The van der Waals surface area contributed by atoms with E-state index < -0.39 is 23.3 Å². The number of alkyl halides is 3. The number of rotatable bonds is 1. The van der Waals surface area contributed by atoms with Crippen molar-refractivity contribution in [1.29, 1.82) is 0 Å². The molecule has 0 bridgehead atoms. The number of halogens is 5. The molecule has 0 heterocycles. The molecule has 1 nitrogen and oxygen atoms in total. The Hall–Kier alpha value is -0.910. The number of aryl methyl sites for hydroxylation is 1. The first-order valence-electron chi connectivity index (χ1n) is 3.80. The first-order valence-corrected chi connectivity index (χ1v) is 4.60. The van der Waals surface area contributed by atoms with Gasteiger partial charge < -0.3 is 0 Å². The first-order chi connectivity index (χ1) is 6.73. The molecule has 1 aromatic rings. The third-order valence-electron chi connectivity index (χ3n) is 1.67. The van der Waals surface area contributed by atoms with Crippen LogP contribution in [0.2, 0.25) is 0 Å². The fourth-order valence-electron chi connectivity index (χ4n) is 1.06. The molecule has 0 atom stereocenters. The highest BCUT2D eigenvalue weighted by Crippen LogP contribution is 2.29. The van der Waals surface area contributed by atoms with Gasteiger partial charge in [-0.25, -0.2) is 4.39 Å². The molecule has 0 N–H and O–H groups in total. The minimum Gasteiger partial charge on any atom is -0.284 e. The number of hydrogen-bond acceptors (Lipinski definition) is 1. The van der Waals surface area contributed by atoms with Gasteiger partial charge in [0.25, 0.3) is 5.78 Å². The van der Waals surface area contributed by atoms with Crippen molar-refractivity contribution < 1.29 is 22.4 Å². The number of benzene rings is 1. The van der Waals surface area contributed by atoms with Crippen LogP contribution in [0.3, 0.4) is 0 Å². The highest BCUT2D eigenvalue weighted by atomic mass is 79.9. The molecule has 0 aliphatic heterocycles. The van der Waals surface area contributed by atoms with Crippen LogP contribution in [-0.2, 0) is 0 Å². The Kier molecular flexibility index (Phi) is 3.18. The van der Waals surface area contributed by atoms with Gasteiger partial charge in [-0.2, -0.15) is 13.2 Å². The summed E-state index contributed by atoms with van der Waals surface area (Å²) in [7, 11) is 0. The van der Waals surface area contributed by atoms with Crippen LogP contribution in [0.25, 0.3) is 0 Å². The molecule has 15 heavy (non-hydrogen) atoms. The lowest BCUT2D eigenvalue weighted by Crippen LogP contribution is -2.24. The van der Waals surface area contributed by atoms with Gasteiger partial charge in [0.2, 0.25) is 0 Å². The van der Waals surface area contributed by atoms with Crippen LogP contribution < -0.4 is 0 Å². The highest BCUT2D eigenvalue weighted by Gasteiger charge is 2.41. The molecular weight excluding hydrogens is 280 g/mol. The molecule has 0 aliphatic rings. The lowest BCUT2D eigenvalue weighted by atomic mass is 10.1. The normalized spacial score (nSPS) is 11.6. The molecule has 0 amide bonds. The summed E-state index contributed by atoms with van der Waals surface area (Å²) in [4.78, 5) is 10.8. The van der Waals surface area contributed by atoms with Gasteiger partial charge >= 0.3 is 6.18 Å². The van der Waals surface area contributed by atoms with E-state index in [9.17, 15) is 22.4 Å². The lowest BCUT2D eigenvalue weighted by molar-refractivity contribution is -0.0888. The molecule has 0 aliphatic carbocycles. The van der Waals surface area contributed by atoms with Crippen molar-refractivity contribution in [2.75, 3.05) is 0 Å². The smallest absolute Gasteiger partial charge is 0.284 e. The number of carbonyl (C=O) groups is 1. The number of hydrogen-bond donors (Lipinski definition) is 0. The van der Waals surface area contributed by atoms with Crippen molar-refractivity contribution in [2.45, 2.75) is 13.1 Å². The van der Waals surface area contributed by atoms with Crippen LogP contribution >= 0.6 is 15.9 Å². The predicted molar refractivity (Wildman–Crippen MR) is 49.2 cm³/mol. The van der Waals surface area contributed by atoms with E-state index in [1.807, 2.05) is 0 Å². The first kappa shape index (κ1) is 12.2. The van der Waals surface area contributed by atoms with E-state index in [1.54, 1.807) is 0 Å². The Morgan fingerprint density at radius 3 is 2.27 bits per heavy atom. The van der Waals surface area contributed by atoms with E-state index in [1.165, 1.54) is 13.0 Å². The van der Waals surface area contributed by atoms with Crippen molar-refractivity contribution in [3.8, 4) is 0 Å². The largest absolute Gasteiger partial charge is 0.455 e. The Morgan fingerprint density at radius 1 is 1.33 bits per heavy atom. The molecule has 0 spiro atoms. The monoisotopic (exact) mass is 284 g/mol. The average molecular weight is 285 g/mol. The summed E-state index contributed by atoms with van der Waals surface area (Å²) < 4.78 is 49.1. The second kappa shape index (κ2) is 3.92. The second-order valence-corrected chi connectivity index (χ2v) is 3.78. The SMILES string of the molecule is Cc1cc(F)c(C(=O)C(F)(F)F)c(Br)c1. The van der Waals surface area contributed by atoms with E-state index in [0.29, 0.717) is 5.56 Å². The van der Waals surface area contributed by atoms with Crippen LogP contribution in [-0.4, -0.2) is 12.0 Å². The van der Waals surface area contributed by atoms with Crippen molar-refractivity contribution in [3.63, 3.8) is 0 Å². The Bertz CT molecular complexity index is 388. The Balaban J connectivity index is 3.33. The third-order valence-corrected chi connectivity index (χ3v) is 2.30. The summed E-state index contributed by atoms with van der Waals surface area (Å²) in [6, 6.07) is 2.13. The van der Waals surface area contributed by atoms with Gasteiger partial charge in [-0.3, -0.25) is 4.79 Å². The topological polar surface area (TPSA) is 17.1 Å². The van der Waals surface area contributed by atoms with Gasteiger partial charge in [0.1, 0.15) is 5.82 Å². The minimum absolute atomic E-state index is 0.192. The Morgan fingerprint density at radius 2 is 1.87 bits per heavy atom. The maximum absolute atomic E-state index is 13.1. The zero-order valence-corrected chi connectivity index (χ0v) is 9.04. The van der Waals surface area contributed by atoms with Gasteiger partial charge in [0, 0.05) is 4.47 Å².